The topological polar surface area (TPSA) is 595 Å². The second-order valence-corrected chi connectivity index (χ2v) is 37.6. The summed E-state index contributed by atoms with van der Waals surface area (Å²) in [6.07, 6.45) is -4.24. The molecule has 5 rings (SSSR count). The zero-order valence-corrected chi connectivity index (χ0v) is 80.7. The maximum atomic E-state index is 15.1. The molecule has 4 aromatic rings. The van der Waals surface area contributed by atoms with Crippen molar-refractivity contribution in [3.63, 3.8) is 0 Å². The third-order valence-corrected chi connectivity index (χ3v) is 26.4. The fourth-order valence-corrected chi connectivity index (χ4v) is 18.1. The number of hydrogen-bond donors (Lipinski definition) is 13. The Labute approximate surface area is 801 Å². The number of nitrogens with two attached hydrogens (primary N) is 1. The van der Waals surface area contributed by atoms with Crippen molar-refractivity contribution in [2.24, 2.45) is 41.2 Å². The number of carbonyl (C=O) groups excluding carboxylic acids is 15. The Hall–Kier alpha value is -12.0. The number of alkyl carbamates (subject to hydrolysis) is 1. The number of piperidine rings is 1. The molecule has 0 aliphatic carbocycles. The van der Waals surface area contributed by atoms with Crippen molar-refractivity contribution in [2.45, 2.75) is 244 Å². The summed E-state index contributed by atoms with van der Waals surface area (Å²) in [5, 5.41) is 67.8. The van der Waals surface area contributed by atoms with Crippen molar-refractivity contribution in [1.82, 2.24) is 56.9 Å². The molecule has 0 bridgehead atoms. The maximum Gasteiger partial charge on any atom is 0.407 e. The van der Waals surface area contributed by atoms with Gasteiger partial charge in [0.05, 0.1) is 42.9 Å². The highest BCUT2D eigenvalue weighted by Crippen LogP contribution is 2.35. The van der Waals surface area contributed by atoms with E-state index in [1.807, 2.05) is 46.6 Å². The molecule has 0 radical (unpaired) electrons. The van der Waals surface area contributed by atoms with Crippen LogP contribution in [0.1, 0.15) is 203 Å². The van der Waals surface area contributed by atoms with Gasteiger partial charge in [-0.1, -0.05) is 149 Å². The number of urea groups is 1. The molecule has 3 aromatic carbocycles. The number of nitrogens with one attached hydrogen (secondary N) is 7. The number of nitrogens with zero attached hydrogens (tertiary/aromatic N) is 4. The number of Topliss-reactive ketones (excluding diaryl/α,β-unsaturated/α-hetero) is 4. The second kappa shape index (κ2) is 59.8. The molecule has 15 atom stereocenters. The van der Waals surface area contributed by atoms with E-state index in [2.05, 4.69) is 46.9 Å². The van der Waals surface area contributed by atoms with Gasteiger partial charge in [-0.15, -0.1) is 11.3 Å². The molecule has 40 nitrogen and oxygen atoms in total. The van der Waals surface area contributed by atoms with Gasteiger partial charge in [-0.05, 0) is 113 Å². The first-order valence-electron chi connectivity index (χ1n) is 45.2. The van der Waals surface area contributed by atoms with E-state index in [1.165, 1.54) is 43.3 Å². The van der Waals surface area contributed by atoms with Gasteiger partial charge in [-0.3, -0.25) is 81.6 Å². The summed E-state index contributed by atoms with van der Waals surface area (Å²) in [5.74, 6) is -18.4. The number of carboxylic acid groups (broad SMARTS) is 4. The molecular formula is C93H130N12O28S3. The number of phenolic OH excluding ortho intramolecular Hbond substituents is 1. The third kappa shape index (κ3) is 41.3. The lowest BCUT2D eigenvalue weighted by atomic mass is 9.82. The number of esters is 2. The van der Waals surface area contributed by atoms with Crippen LogP contribution in [-0.2, 0) is 115 Å². The van der Waals surface area contributed by atoms with Gasteiger partial charge in [-0.2, -0.15) is 0 Å². The zero-order valence-electron chi connectivity index (χ0n) is 78.3. The summed E-state index contributed by atoms with van der Waals surface area (Å²) in [7, 11) is 5.26. The molecule has 43 heteroatoms. The average Bonchev–Trinajstić information content (AvgIpc) is 1.54. The second-order valence-electron chi connectivity index (χ2n) is 34.1. The smallest absolute Gasteiger partial charge is 0.407 e. The molecule has 2 heterocycles. The van der Waals surface area contributed by atoms with E-state index in [4.69, 9.17) is 25.1 Å². The van der Waals surface area contributed by atoms with E-state index in [-0.39, 0.29) is 129 Å². The first-order valence-corrected chi connectivity index (χ1v) is 48.6. The summed E-state index contributed by atoms with van der Waals surface area (Å²) in [6.45, 7) is 12.8. The number of likely N-dealkylation sites (tertiary alicyclic amines) is 1. The number of amides is 9. The summed E-state index contributed by atoms with van der Waals surface area (Å²) >= 11 is 1.03. The number of benzene rings is 3. The average molecular weight is 1960 g/mol. The molecule has 9 amide bonds. The number of aliphatic carboxylic acids is 4. The minimum Gasteiger partial charge on any atom is -0.508 e. The van der Waals surface area contributed by atoms with Gasteiger partial charge in [0.15, 0.2) is 42.2 Å². The van der Waals surface area contributed by atoms with Crippen LogP contribution in [0.3, 0.4) is 0 Å². The number of hydrogen-bond acceptors (Lipinski definition) is 30. The predicted octanol–water partition coefficient (Wildman–Crippen LogP) is 6.89. The summed E-state index contributed by atoms with van der Waals surface area (Å²) in [4.78, 5) is 260. The Morgan fingerprint density at radius 2 is 1.32 bits per heavy atom. The van der Waals surface area contributed by atoms with Crippen molar-refractivity contribution >= 4 is 146 Å². The monoisotopic (exact) mass is 1960 g/mol. The Morgan fingerprint density at radius 1 is 0.669 bits per heavy atom. The number of aromatic hydroxyl groups is 1. The van der Waals surface area contributed by atoms with Crippen LogP contribution in [0, 0.1) is 35.5 Å². The largest absolute Gasteiger partial charge is 0.508 e. The number of rotatable bonds is 64. The minimum absolute atomic E-state index is 0.0201. The van der Waals surface area contributed by atoms with Crippen molar-refractivity contribution < 1.29 is 136 Å². The summed E-state index contributed by atoms with van der Waals surface area (Å²) in [6, 6.07) is 12.7. The van der Waals surface area contributed by atoms with Crippen LogP contribution >= 0.6 is 32.9 Å². The van der Waals surface area contributed by atoms with Gasteiger partial charge in [0.2, 0.25) is 29.5 Å². The fourth-order valence-electron chi connectivity index (χ4n) is 15.1. The molecule has 14 N–H and O–H groups in total. The third-order valence-electron chi connectivity index (χ3n) is 23.0. The highest BCUT2D eigenvalue weighted by Gasteiger charge is 2.42. The number of phenols is 1. The quantitative estimate of drug-likeness (QED) is 0.00534. The Morgan fingerprint density at radius 3 is 1.92 bits per heavy atom. The first-order chi connectivity index (χ1) is 64.5. The van der Waals surface area contributed by atoms with Gasteiger partial charge in [-0.25, -0.2) is 19.4 Å². The lowest BCUT2D eigenvalue weighted by Gasteiger charge is -2.39. The molecule has 1 fully saturated rings. The SMILES string of the molecule is CCCC(=O)OCN(C(=O)[C@@H](CC(=O)[C@H]1CCCCN1C)C(C)CC)[C@H](C[C@@H](OC(C)=O)c1nc(C(=O)N[C@@H](Cc2ccc(O)cc2)C[C@H](C)C(=O)C(C)NC(=O)OCCSSC[C@H](CC(=O)[C@H](CC(=O)O)NC(=O)[C@@H](N)CNC(=O)[C@@H](CC(=O)[C@H](Cc2ccccc2)NC(=O)CCN(C)C(=O)CC[C@H](NC(=O)N[C@@H](CCC(=O)O)OC=O)C(=O)O)Cc2ccccc2)C(=O)O)cs1)C(C)C. The molecule has 1 saturated heterocycles. The maximum absolute atomic E-state index is 15.1. The van der Waals surface area contributed by atoms with E-state index >= 15 is 4.79 Å². The summed E-state index contributed by atoms with van der Waals surface area (Å²) < 4.78 is 21.7. The highest BCUT2D eigenvalue weighted by atomic mass is 33.1. The van der Waals surface area contributed by atoms with Crippen molar-refractivity contribution in [3.05, 3.63) is 118 Å². The van der Waals surface area contributed by atoms with Gasteiger partial charge in [0.25, 0.3) is 12.4 Å². The molecule has 136 heavy (non-hydrogen) atoms. The highest BCUT2D eigenvalue weighted by molar-refractivity contribution is 8.76. The van der Waals surface area contributed by atoms with Crippen molar-refractivity contribution in [3.8, 4) is 5.75 Å². The van der Waals surface area contributed by atoms with E-state index in [9.17, 15) is 107 Å². The van der Waals surface area contributed by atoms with Crippen LogP contribution in [-0.4, -0.2) is 271 Å². The van der Waals surface area contributed by atoms with Gasteiger partial charge in [0.1, 0.15) is 35.1 Å². The van der Waals surface area contributed by atoms with Gasteiger partial charge in [0, 0.05) is 125 Å². The van der Waals surface area contributed by atoms with Crippen molar-refractivity contribution in [2.75, 3.05) is 58.6 Å². The lowest BCUT2D eigenvalue weighted by Crippen LogP contribution is -2.53. The van der Waals surface area contributed by atoms with E-state index in [0.717, 1.165) is 57.2 Å². The predicted molar refractivity (Wildman–Crippen MR) is 500 cm³/mol. The summed E-state index contributed by atoms with van der Waals surface area (Å²) in [5.41, 5.74) is 8.05. The van der Waals surface area contributed by atoms with Gasteiger partial charge >= 0.3 is 47.9 Å². The van der Waals surface area contributed by atoms with Crippen LogP contribution in [0.5, 0.6) is 5.75 Å². The molecule has 748 valence electrons. The molecule has 2 unspecified atom stereocenters. The minimum atomic E-state index is -1.81. The molecule has 0 saturated carbocycles. The van der Waals surface area contributed by atoms with Crippen LogP contribution in [0.4, 0.5) is 9.59 Å². The molecular weight excluding hydrogens is 1830 g/mol. The van der Waals surface area contributed by atoms with Gasteiger partial charge < -0.3 is 97.2 Å². The number of thiazole rings is 1. The van der Waals surface area contributed by atoms with E-state index in [0.29, 0.717) is 36.0 Å². The number of ketones is 4. The Kier molecular flexibility index (Phi) is 50.4. The van der Waals surface area contributed by atoms with Crippen molar-refractivity contribution in [1.29, 1.82) is 0 Å². The molecule has 1 aliphatic heterocycles. The number of carbonyl (C=O) groups is 19. The normalized spacial score (nSPS) is 15.6. The fraction of sp³-hybridized carbons (Fsp3) is 0.570. The number of likely N-dealkylation sites (N-methyl/N-ethyl adjacent to an activating group) is 1. The number of ether oxygens (including phenoxy) is 4. The standard InChI is InChI=1S/C93H130N12O28S3/c1-11-21-83(118)131-52-105(89(123)66(55(5)12-2)46-76(111)72-26-19-20-36-103(72)9)73(54(3)4)48-77(133-58(8)107)88-100-71(51-134-88)87(122)97-64(42-61-27-29-65(108)30-28-61)40-56(6)84(119)57(7)96-93(129)130-38-39-135-136-50-63(90(124)125)45-75(110)70(47-82(116)117)99-86(121)67(94)49-95-85(120)62(41-59-22-15-13-16-23-59)44-74(109)69(43-60-24-17-14-18-25-60)98-78(112)35-37-104(10)80(113)33-31-68(91(126)127)101-92(128)102-79(132-53-106)32-34-81(114)115/h13-18,22-25,27-30,51,53-57,62-64,66-70,72-73,77,79,108H,11-12,19-21,26,31-50,52,94H2,1-10H3,(H,95,120)(H,96,129)(H,97,122)(H,98,112)(H,99,121)(H,114,115)(H,116,117)(H,124,125)(H,126,127)(H2,101,102,128)/t55?,56-,57?,62+,63-,64+,66-,67-,68-,69-,70-,72+,73+,77+,79+/m0/s1. The number of carboxylic acids is 4. The van der Waals surface area contributed by atoms with Crippen LogP contribution in [0.15, 0.2) is 90.3 Å². The lowest BCUT2D eigenvalue weighted by molar-refractivity contribution is -0.162. The zero-order chi connectivity index (χ0) is 101. The first kappa shape index (κ1) is 115. The Balaban J connectivity index is 1.15. The molecule has 1 aromatic heterocycles. The number of aromatic nitrogens is 1. The van der Waals surface area contributed by atoms with Crippen LogP contribution in [0.25, 0.3) is 0 Å². The Bertz CT molecular complexity index is 4670. The van der Waals surface area contributed by atoms with Crippen LogP contribution < -0.4 is 43.0 Å². The molecule has 1 aliphatic rings. The van der Waals surface area contributed by atoms with E-state index in [1.54, 1.807) is 79.7 Å². The van der Waals surface area contributed by atoms with Crippen LogP contribution in [0.2, 0.25) is 0 Å². The molecule has 0 spiro atoms. The van der Waals surface area contributed by atoms with E-state index < -0.39 is 231 Å².